The molecule has 2 rings (SSSR count). The lowest BCUT2D eigenvalue weighted by Gasteiger charge is -2.02. The summed E-state index contributed by atoms with van der Waals surface area (Å²) in [6.45, 7) is 1.86. The van der Waals surface area contributed by atoms with Crippen molar-refractivity contribution in [1.29, 1.82) is 0 Å². The van der Waals surface area contributed by atoms with Gasteiger partial charge in [-0.05, 0) is 13.0 Å². The van der Waals surface area contributed by atoms with Gasteiger partial charge < -0.3 is 10.1 Å². The van der Waals surface area contributed by atoms with E-state index in [0.29, 0.717) is 5.69 Å². The van der Waals surface area contributed by atoms with Crippen LogP contribution in [0.25, 0.3) is 0 Å². The van der Waals surface area contributed by atoms with E-state index in [0.717, 1.165) is 9.88 Å². The number of hydrogen-bond acceptors (Lipinski definition) is 5. The van der Waals surface area contributed by atoms with Crippen molar-refractivity contribution < 1.29 is 13.5 Å². The third-order valence-electron chi connectivity index (χ3n) is 2.30. The smallest absolute Gasteiger partial charge is 0.242 e. The van der Waals surface area contributed by atoms with E-state index in [9.17, 15) is 8.42 Å². The Bertz CT molecular complexity index is 630. The Kier molecular flexibility index (Phi) is 3.81. The molecule has 3 N–H and O–H groups in total. The molecule has 2 aromatic heterocycles. The molecule has 2 aromatic rings. The van der Waals surface area contributed by atoms with E-state index < -0.39 is 10.0 Å². The molecule has 0 atom stereocenters. The summed E-state index contributed by atoms with van der Waals surface area (Å²) in [6.07, 6.45) is 3.00. The van der Waals surface area contributed by atoms with Gasteiger partial charge in [-0.15, -0.1) is 11.3 Å². The number of sulfonamides is 1. The number of rotatable bonds is 5. The maximum atomic E-state index is 11.9. The van der Waals surface area contributed by atoms with Crippen molar-refractivity contribution in [3.63, 3.8) is 0 Å². The molecule has 0 saturated carbocycles. The minimum atomic E-state index is -3.55. The molecule has 0 aromatic carbocycles. The molecule has 0 aliphatic rings. The zero-order chi connectivity index (χ0) is 13.2. The van der Waals surface area contributed by atoms with Gasteiger partial charge in [-0.25, -0.2) is 18.1 Å². The van der Waals surface area contributed by atoms with Crippen LogP contribution in [0.3, 0.4) is 0 Å². The quantitative estimate of drug-likeness (QED) is 0.756. The van der Waals surface area contributed by atoms with E-state index >= 15 is 0 Å². The maximum absolute atomic E-state index is 11.9. The minimum Gasteiger partial charge on any atom is -0.390 e. The number of H-pyrrole nitrogens is 1. The van der Waals surface area contributed by atoms with E-state index in [4.69, 9.17) is 5.11 Å². The Balaban J connectivity index is 2.07. The topological polar surface area (TPSA) is 95.1 Å². The van der Waals surface area contributed by atoms with E-state index in [2.05, 4.69) is 14.7 Å². The van der Waals surface area contributed by atoms with Gasteiger partial charge in [0, 0.05) is 29.5 Å². The average Bonchev–Trinajstić information content (AvgIpc) is 2.95. The maximum Gasteiger partial charge on any atom is 0.242 e. The van der Waals surface area contributed by atoms with Crippen molar-refractivity contribution >= 4 is 21.4 Å². The fourth-order valence-electron chi connectivity index (χ4n) is 1.40. The number of aromatic amines is 1. The minimum absolute atomic E-state index is 0.118. The SMILES string of the molecule is Cc1ncc(CNS(=O)(=O)c2c[nH]c(CO)c2)s1. The second kappa shape index (κ2) is 5.19. The number of aliphatic hydroxyl groups excluding tert-OH is 1. The number of aromatic nitrogens is 2. The number of nitrogens with zero attached hydrogens (tertiary/aromatic N) is 1. The first-order chi connectivity index (χ1) is 8.51. The van der Waals surface area contributed by atoms with E-state index in [-0.39, 0.29) is 18.0 Å². The summed E-state index contributed by atoms with van der Waals surface area (Å²) >= 11 is 1.45. The molecule has 0 saturated heterocycles. The second-order valence-corrected chi connectivity index (χ2v) is 6.78. The summed E-state index contributed by atoms with van der Waals surface area (Å²) in [7, 11) is -3.55. The van der Waals surface area contributed by atoms with Crippen molar-refractivity contribution in [2.24, 2.45) is 0 Å². The van der Waals surface area contributed by atoms with Crippen LogP contribution in [-0.2, 0) is 23.2 Å². The molecule has 6 nitrogen and oxygen atoms in total. The highest BCUT2D eigenvalue weighted by molar-refractivity contribution is 7.89. The van der Waals surface area contributed by atoms with Crippen LogP contribution in [0.2, 0.25) is 0 Å². The highest BCUT2D eigenvalue weighted by atomic mass is 32.2. The van der Waals surface area contributed by atoms with Crippen LogP contribution >= 0.6 is 11.3 Å². The Morgan fingerprint density at radius 2 is 2.33 bits per heavy atom. The molecule has 18 heavy (non-hydrogen) atoms. The van der Waals surface area contributed by atoms with Crippen LogP contribution in [-0.4, -0.2) is 23.5 Å². The van der Waals surface area contributed by atoms with Gasteiger partial charge in [-0.2, -0.15) is 0 Å². The fraction of sp³-hybridized carbons (Fsp3) is 0.300. The van der Waals surface area contributed by atoms with E-state index in [1.54, 1.807) is 6.20 Å². The van der Waals surface area contributed by atoms with Gasteiger partial charge in [0.2, 0.25) is 10.0 Å². The Morgan fingerprint density at radius 1 is 1.56 bits per heavy atom. The molecule has 0 radical (unpaired) electrons. The molecule has 98 valence electrons. The van der Waals surface area contributed by atoms with Crippen LogP contribution in [0.1, 0.15) is 15.6 Å². The molecular weight excluding hydrogens is 274 g/mol. The molecule has 0 unspecified atom stereocenters. The summed E-state index contributed by atoms with van der Waals surface area (Å²) in [5, 5.41) is 9.77. The highest BCUT2D eigenvalue weighted by Crippen LogP contribution is 2.14. The Morgan fingerprint density at radius 3 is 2.89 bits per heavy atom. The second-order valence-electron chi connectivity index (χ2n) is 3.69. The number of nitrogens with one attached hydrogen (secondary N) is 2. The van der Waals surface area contributed by atoms with Crippen LogP contribution in [0.5, 0.6) is 0 Å². The molecule has 0 spiro atoms. The lowest BCUT2D eigenvalue weighted by Crippen LogP contribution is -2.22. The predicted octanol–water partition coefficient (Wildman–Crippen LogP) is 0.750. The summed E-state index contributed by atoms with van der Waals surface area (Å²) in [6, 6.07) is 1.40. The molecule has 0 aliphatic heterocycles. The molecule has 0 bridgehead atoms. The van der Waals surface area contributed by atoms with Gasteiger partial charge in [0.05, 0.1) is 16.5 Å². The molecule has 0 amide bonds. The first kappa shape index (κ1) is 13.2. The molecule has 2 heterocycles. The number of hydrogen-bond donors (Lipinski definition) is 3. The van der Waals surface area contributed by atoms with Crippen LogP contribution in [0, 0.1) is 6.92 Å². The van der Waals surface area contributed by atoms with Crippen LogP contribution in [0.4, 0.5) is 0 Å². The summed E-state index contributed by atoms with van der Waals surface area (Å²) in [5.41, 5.74) is 0.462. The van der Waals surface area contributed by atoms with Crippen molar-refractivity contribution in [1.82, 2.24) is 14.7 Å². The number of thiazole rings is 1. The summed E-state index contributed by atoms with van der Waals surface area (Å²) < 4.78 is 26.3. The van der Waals surface area contributed by atoms with Crippen molar-refractivity contribution in [2.75, 3.05) is 0 Å². The normalized spacial score (nSPS) is 11.9. The van der Waals surface area contributed by atoms with Crippen LogP contribution in [0.15, 0.2) is 23.4 Å². The Hall–Kier alpha value is -1.22. The largest absolute Gasteiger partial charge is 0.390 e. The third kappa shape index (κ3) is 2.96. The van der Waals surface area contributed by atoms with Crippen molar-refractivity contribution in [3.05, 3.63) is 34.0 Å². The molecular formula is C10H13N3O3S2. The van der Waals surface area contributed by atoms with Gasteiger partial charge in [-0.1, -0.05) is 0 Å². The zero-order valence-electron chi connectivity index (χ0n) is 9.67. The molecule has 8 heteroatoms. The fourth-order valence-corrected chi connectivity index (χ4v) is 3.25. The zero-order valence-corrected chi connectivity index (χ0v) is 11.3. The Labute approximate surface area is 109 Å². The van der Waals surface area contributed by atoms with Gasteiger partial charge in [0.25, 0.3) is 0 Å². The predicted molar refractivity (Wildman–Crippen MR) is 67.6 cm³/mol. The summed E-state index contributed by atoms with van der Waals surface area (Å²) in [5.74, 6) is 0. The van der Waals surface area contributed by atoms with Crippen LogP contribution < -0.4 is 4.72 Å². The molecule has 0 aliphatic carbocycles. The monoisotopic (exact) mass is 287 g/mol. The first-order valence-electron chi connectivity index (χ1n) is 5.20. The van der Waals surface area contributed by atoms with E-state index in [1.807, 2.05) is 6.92 Å². The average molecular weight is 287 g/mol. The lowest BCUT2D eigenvalue weighted by atomic mass is 10.5. The number of aryl methyl sites for hydroxylation is 1. The van der Waals surface area contributed by atoms with Gasteiger partial charge in [0.1, 0.15) is 0 Å². The first-order valence-corrected chi connectivity index (χ1v) is 7.50. The lowest BCUT2D eigenvalue weighted by molar-refractivity contribution is 0.277. The highest BCUT2D eigenvalue weighted by Gasteiger charge is 2.16. The standard InChI is InChI=1S/C10H13N3O3S2/c1-7-11-3-9(17-7)4-13-18(15,16)10-2-8(6-14)12-5-10/h2-3,5,12-14H,4,6H2,1H3. The summed E-state index contributed by atoms with van der Waals surface area (Å²) in [4.78, 5) is 7.71. The van der Waals surface area contributed by atoms with Crippen molar-refractivity contribution in [3.8, 4) is 0 Å². The van der Waals surface area contributed by atoms with Gasteiger partial charge in [0.15, 0.2) is 0 Å². The number of aliphatic hydroxyl groups is 1. The van der Waals surface area contributed by atoms with Crippen molar-refractivity contribution in [2.45, 2.75) is 25.0 Å². The molecule has 0 fully saturated rings. The van der Waals surface area contributed by atoms with Gasteiger partial charge in [-0.3, -0.25) is 0 Å². The third-order valence-corrected chi connectivity index (χ3v) is 4.60. The van der Waals surface area contributed by atoms with E-state index in [1.165, 1.54) is 23.6 Å². The van der Waals surface area contributed by atoms with Gasteiger partial charge >= 0.3 is 0 Å².